The van der Waals surface area contributed by atoms with Crippen LogP contribution >= 0.6 is 0 Å². The predicted molar refractivity (Wildman–Crippen MR) is 65.3 cm³/mol. The van der Waals surface area contributed by atoms with Crippen LogP contribution in [0.4, 0.5) is 5.82 Å². The van der Waals surface area contributed by atoms with Gasteiger partial charge in [0.15, 0.2) is 5.82 Å². The van der Waals surface area contributed by atoms with E-state index < -0.39 is 0 Å². The molecule has 0 amide bonds. The molecule has 1 N–H and O–H groups in total. The Balaban J connectivity index is 2.60. The molecule has 1 aromatic carbocycles. The maximum atomic E-state index is 11.8. The van der Waals surface area contributed by atoms with E-state index in [9.17, 15) is 9.70 Å². The molecule has 3 rings (SSSR count). The Morgan fingerprint density at radius 1 is 1.06 bits per heavy atom. The summed E-state index contributed by atoms with van der Waals surface area (Å²) in [7, 11) is 0. The minimum atomic E-state index is -0.165. The average molecular weight is 225 g/mol. The van der Waals surface area contributed by atoms with E-state index in [4.69, 9.17) is 0 Å². The van der Waals surface area contributed by atoms with Crippen molar-refractivity contribution in [2.45, 2.75) is 0 Å². The van der Waals surface area contributed by atoms with Crippen LogP contribution in [0.25, 0.3) is 21.8 Å². The average Bonchev–Trinajstić information content (AvgIpc) is 2.39. The van der Waals surface area contributed by atoms with Gasteiger partial charge in [0.25, 0.3) is 5.56 Å². The van der Waals surface area contributed by atoms with Crippen LogP contribution in [0.1, 0.15) is 0 Å². The number of rotatable bonds is 1. The number of aromatic nitrogens is 2. The fourth-order valence-electron chi connectivity index (χ4n) is 1.88. The monoisotopic (exact) mass is 225 g/mol. The zero-order valence-electron chi connectivity index (χ0n) is 8.68. The summed E-state index contributed by atoms with van der Waals surface area (Å²) >= 11 is 0. The van der Waals surface area contributed by atoms with Gasteiger partial charge in [0, 0.05) is 10.8 Å². The van der Waals surface area contributed by atoms with Crippen molar-refractivity contribution < 1.29 is 0 Å². The van der Waals surface area contributed by atoms with Crippen LogP contribution in [-0.2, 0) is 0 Å². The van der Waals surface area contributed by atoms with E-state index in [1.54, 1.807) is 24.3 Å². The van der Waals surface area contributed by atoms with Crippen molar-refractivity contribution in [3.63, 3.8) is 0 Å². The Labute approximate surface area is 95.1 Å². The fourth-order valence-corrected chi connectivity index (χ4v) is 1.88. The molecule has 17 heavy (non-hydrogen) atoms. The quantitative estimate of drug-likeness (QED) is 0.510. The van der Waals surface area contributed by atoms with E-state index in [2.05, 4.69) is 15.1 Å². The highest BCUT2D eigenvalue weighted by Crippen LogP contribution is 2.21. The Hall–Kier alpha value is -2.56. The number of nitroso groups, excluding NO2 is 1. The highest BCUT2D eigenvalue weighted by molar-refractivity contribution is 6.03. The van der Waals surface area contributed by atoms with Gasteiger partial charge in [-0.2, -0.15) is 0 Å². The van der Waals surface area contributed by atoms with Crippen LogP contribution in [0.5, 0.6) is 0 Å². The second kappa shape index (κ2) is 3.48. The fraction of sp³-hybridized carbons (Fsp3) is 0. The van der Waals surface area contributed by atoms with Gasteiger partial charge in [0.2, 0.25) is 0 Å². The zero-order chi connectivity index (χ0) is 11.8. The smallest absolute Gasteiger partial charge is 0.256 e. The lowest BCUT2D eigenvalue weighted by atomic mass is 10.1. The van der Waals surface area contributed by atoms with Crippen LogP contribution in [0.2, 0.25) is 0 Å². The maximum absolute atomic E-state index is 11.8. The Morgan fingerprint density at radius 2 is 1.82 bits per heavy atom. The van der Waals surface area contributed by atoms with Gasteiger partial charge < -0.3 is 4.98 Å². The van der Waals surface area contributed by atoms with Gasteiger partial charge in [-0.25, -0.2) is 4.98 Å². The summed E-state index contributed by atoms with van der Waals surface area (Å²) in [6, 6.07) is 10.2. The van der Waals surface area contributed by atoms with Crippen LogP contribution in [0, 0.1) is 4.91 Å². The van der Waals surface area contributed by atoms with Crippen LogP contribution < -0.4 is 5.56 Å². The molecule has 82 valence electrons. The summed E-state index contributed by atoms with van der Waals surface area (Å²) in [5.74, 6) is 0.106. The van der Waals surface area contributed by atoms with E-state index in [0.29, 0.717) is 16.4 Å². The molecule has 0 aliphatic rings. The van der Waals surface area contributed by atoms with Crippen molar-refractivity contribution in [3.05, 3.63) is 51.7 Å². The van der Waals surface area contributed by atoms with Gasteiger partial charge in [-0.15, -0.1) is 4.91 Å². The molecular weight excluding hydrogens is 218 g/mol. The molecule has 0 atom stereocenters. The second-order valence-corrected chi connectivity index (χ2v) is 3.66. The van der Waals surface area contributed by atoms with Crippen molar-refractivity contribution >= 4 is 27.6 Å². The lowest BCUT2D eigenvalue weighted by molar-refractivity contribution is 1.28. The van der Waals surface area contributed by atoms with E-state index in [0.717, 1.165) is 5.39 Å². The molecule has 0 radical (unpaired) electrons. The van der Waals surface area contributed by atoms with Gasteiger partial charge >= 0.3 is 0 Å². The maximum Gasteiger partial charge on any atom is 0.256 e. The van der Waals surface area contributed by atoms with Crippen molar-refractivity contribution in [2.24, 2.45) is 5.18 Å². The third-order valence-corrected chi connectivity index (χ3v) is 2.65. The minimum Gasteiger partial charge on any atom is -0.320 e. The van der Waals surface area contributed by atoms with Gasteiger partial charge in [-0.05, 0) is 23.4 Å². The third kappa shape index (κ3) is 1.40. The SMILES string of the molecule is O=Nc1ccc2[nH]c(=O)c3ccccc3c2n1. The summed E-state index contributed by atoms with van der Waals surface area (Å²) in [6.07, 6.45) is 0. The summed E-state index contributed by atoms with van der Waals surface area (Å²) in [5, 5.41) is 4.07. The summed E-state index contributed by atoms with van der Waals surface area (Å²) in [6.45, 7) is 0. The predicted octanol–water partition coefficient (Wildman–Crippen LogP) is 2.47. The van der Waals surface area contributed by atoms with Gasteiger partial charge in [-0.3, -0.25) is 4.79 Å². The second-order valence-electron chi connectivity index (χ2n) is 3.66. The molecule has 0 spiro atoms. The molecule has 0 fully saturated rings. The first-order chi connectivity index (χ1) is 8.29. The van der Waals surface area contributed by atoms with Crippen molar-refractivity contribution in [3.8, 4) is 0 Å². The van der Waals surface area contributed by atoms with Gasteiger partial charge in [-0.1, -0.05) is 18.2 Å². The number of aromatic amines is 1. The normalized spacial score (nSPS) is 10.8. The molecule has 2 aromatic heterocycles. The number of pyridine rings is 2. The molecule has 5 heteroatoms. The van der Waals surface area contributed by atoms with Crippen LogP contribution in [0.15, 0.2) is 46.4 Å². The van der Waals surface area contributed by atoms with E-state index >= 15 is 0 Å². The first-order valence-electron chi connectivity index (χ1n) is 5.05. The van der Waals surface area contributed by atoms with E-state index in [1.807, 2.05) is 6.07 Å². The summed E-state index contributed by atoms with van der Waals surface area (Å²) < 4.78 is 0. The highest BCUT2D eigenvalue weighted by Gasteiger charge is 2.06. The molecule has 0 aliphatic heterocycles. The number of nitrogens with one attached hydrogen (secondary N) is 1. The Morgan fingerprint density at radius 3 is 2.59 bits per heavy atom. The number of hydrogen-bond acceptors (Lipinski definition) is 4. The zero-order valence-corrected chi connectivity index (χ0v) is 8.68. The number of nitrogens with zero attached hydrogens (tertiary/aromatic N) is 2. The number of fused-ring (bicyclic) bond motifs is 3. The first-order valence-corrected chi connectivity index (χ1v) is 5.05. The topological polar surface area (TPSA) is 75.2 Å². The largest absolute Gasteiger partial charge is 0.320 e. The molecule has 0 saturated heterocycles. The molecule has 3 aromatic rings. The number of hydrogen-bond donors (Lipinski definition) is 1. The molecule has 0 saturated carbocycles. The number of H-pyrrole nitrogens is 1. The molecule has 0 unspecified atom stereocenters. The molecule has 0 bridgehead atoms. The Kier molecular flexibility index (Phi) is 1.98. The van der Waals surface area contributed by atoms with E-state index in [-0.39, 0.29) is 11.4 Å². The molecule has 2 heterocycles. The van der Waals surface area contributed by atoms with Crippen molar-refractivity contribution in [2.75, 3.05) is 0 Å². The lowest BCUT2D eigenvalue weighted by Crippen LogP contribution is -2.06. The highest BCUT2D eigenvalue weighted by atomic mass is 16.3. The van der Waals surface area contributed by atoms with Crippen LogP contribution in [0.3, 0.4) is 0 Å². The number of benzene rings is 1. The summed E-state index contributed by atoms with van der Waals surface area (Å²) in [5.41, 5.74) is 1.01. The summed E-state index contributed by atoms with van der Waals surface area (Å²) in [4.78, 5) is 29.1. The molecule has 5 nitrogen and oxygen atoms in total. The van der Waals surface area contributed by atoms with Gasteiger partial charge in [0.05, 0.1) is 11.0 Å². The third-order valence-electron chi connectivity index (χ3n) is 2.65. The molecule has 0 aliphatic carbocycles. The Bertz CT molecular complexity index is 792. The van der Waals surface area contributed by atoms with E-state index in [1.165, 1.54) is 6.07 Å². The minimum absolute atomic E-state index is 0.106. The molecular formula is C12H7N3O2. The standard InChI is InChI=1S/C12H7N3O2/c16-12-8-4-2-1-3-7(8)11-9(13-12)5-6-10(14-11)15-17/h1-6H,(H,13,16). The van der Waals surface area contributed by atoms with Crippen LogP contribution in [-0.4, -0.2) is 9.97 Å². The van der Waals surface area contributed by atoms with Crippen molar-refractivity contribution in [1.29, 1.82) is 0 Å². The van der Waals surface area contributed by atoms with Gasteiger partial charge in [0.1, 0.15) is 0 Å². The van der Waals surface area contributed by atoms with Crippen molar-refractivity contribution in [1.82, 2.24) is 9.97 Å². The lowest BCUT2D eigenvalue weighted by Gasteiger charge is -2.02. The first kappa shape index (κ1) is 9.65.